The zero-order chi connectivity index (χ0) is 20.5. The molecule has 1 saturated carbocycles. The molecular weight excluding hydrogens is 378 g/mol. The zero-order valence-corrected chi connectivity index (χ0v) is 17.3. The van der Waals surface area contributed by atoms with Crippen LogP contribution in [0.4, 0.5) is 0 Å². The summed E-state index contributed by atoms with van der Waals surface area (Å²) in [7, 11) is 1.87. The molecule has 1 atom stereocenters. The fraction of sp³-hybridized carbons (Fsp3) is 0.435. The first-order chi connectivity index (χ1) is 14.7. The maximum atomic E-state index is 13.3. The lowest BCUT2D eigenvalue weighted by atomic mass is 10.0. The summed E-state index contributed by atoms with van der Waals surface area (Å²) in [5, 5.41) is 8.33. The summed E-state index contributed by atoms with van der Waals surface area (Å²) in [4.78, 5) is 20.4. The van der Waals surface area contributed by atoms with E-state index < -0.39 is 0 Å². The Morgan fingerprint density at radius 2 is 2.00 bits per heavy atom. The number of aromatic nitrogens is 3. The third kappa shape index (κ3) is 3.82. The number of carbonyl (C=O) groups excluding carboxylic acids is 1. The van der Waals surface area contributed by atoms with Crippen LogP contribution in [0.5, 0.6) is 0 Å². The molecule has 156 valence electrons. The van der Waals surface area contributed by atoms with Crippen molar-refractivity contribution < 1.29 is 9.53 Å². The van der Waals surface area contributed by atoms with Crippen molar-refractivity contribution in [2.75, 3.05) is 32.8 Å². The van der Waals surface area contributed by atoms with Crippen LogP contribution in [0.15, 0.2) is 42.6 Å². The number of fused-ring (bicyclic) bond motifs is 1. The number of aryl methyl sites for hydroxylation is 1. The Kier molecular flexibility index (Phi) is 5.23. The molecule has 1 aliphatic carbocycles. The molecule has 1 aliphatic heterocycles. The smallest absolute Gasteiger partial charge is 0.252 e. The van der Waals surface area contributed by atoms with Gasteiger partial charge in [0.05, 0.1) is 36.4 Å². The summed E-state index contributed by atoms with van der Waals surface area (Å²) in [5.41, 5.74) is 3.66. The van der Waals surface area contributed by atoms with Crippen molar-refractivity contribution in [3.05, 3.63) is 59.4 Å². The Hall–Kier alpha value is -2.77. The van der Waals surface area contributed by atoms with Crippen molar-refractivity contribution >= 4 is 16.9 Å². The van der Waals surface area contributed by atoms with Gasteiger partial charge in [-0.05, 0) is 24.5 Å². The van der Waals surface area contributed by atoms with Crippen LogP contribution >= 0.6 is 0 Å². The minimum Gasteiger partial charge on any atom is -0.379 e. The average Bonchev–Trinajstić information content (AvgIpc) is 3.58. The molecule has 2 aromatic heterocycles. The molecule has 7 heteroatoms. The Morgan fingerprint density at radius 3 is 2.73 bits per heavy atom. The molecule has 3 heterocycles. The minimum absolute atomic E-state index is 0.0634. The molecule has 30 heavy (non-hydrogen) atoms. The fourth-order valence-electron chi connectivity index (χ4n) is 4.22. The van der Waals surface area contributed by atoms with Gasteiger partial charge >= 0.3 is 0 Å². The summed E-state index contributed by atoms with van der Waals surface area (Å²) in [6.07, 6.45) is 4.03. The van der Waals surface area contributed by atoms with Crippen LogP contribution in [-0.4, -0.2) is 58.4 Å². The number of carbonyl (C=O) groups is 1. The van der Waals surface area contributed by atoms with Crippen LogP contribution in [0.2, 0.25) is 0 Å². The Labute approximate surface area is 176 Å². The van der Waals surface area contributed by atoms with Crippen molar-refractivity contribution in [2.24, 2.45) is 7.05 Å². The van der Waals surface area contributed by atoms with Crippen molar-refractivity contribution in [3.8, 4) is 0 Å². The first-order valence-corrected chi connectivity index (χ1v) is 10.7. The summed E-state index contributed by atoms with van der Waals surface area (Å²) in [6.45, 7) is 3.73. The molecule has 2 fully saturated rings. The molecule has 0 spiro atoms. The Morgan fingerprint density at radius 1 is 1.23 bits per heavy atom. The van der Waals surface area contributed by atoms with E-state index in [2.05, 4.69) is 39.6 Å². The molecule has 1 aromatic carbocycles. The molecule has 0 bridgehead atoms. The molecular formula is C23H27N5O2. The second-order valence-corrected chi connectivity index (χ2v) is 8.16. The number of hydrogen-bond donors (Lipinski definition) is 1. The van der Waals surface area contributed by atoms with Gasteiger partial charge in [0.2, 0.25) is 0 Å². The lowest BCUT2D eigenvalue weighted by Crippen LogP contribution is -2.43. The molecule has 3 aromatic rings. The van der Waals surface area contributed by atoms with Gasteiger partial charge in [0.25, 0.3) is 5.91 Å². The standard InChI is InChI=1S/C23H27N5O2/c1-27-22-19(14-25-27)18(13-20(26-22)16-7-8-16)23(29)24-15-21(17-5-3-2-4-6-17)28-9-11-30-12-10-28/h2-6,13-14,16,21H,7-12,15H2,1H3,(H,24,29)/t21-/m0/s1. The van der Waals surface area contributed by atoms with E-state index in [1.807, 2.05) is 19.2 Å². The average molecular weight is 406 g/mol. The molecule has 1 amide bonds. The number of nitrogens with zero attached hydrogens (tertiary/aromatic N) is 4. The van der Waals surface area contributed by atoms with Crippen LogP contribution in [0.3, 0.4) is 0 Å². The Bertz CT molecular complexity index is 1040. The summed E-state index contributed by atoms with van der Waals surface area (Å²) in [5.74, 6) is 0.410. The number of ether oxygens (including phenoxy) is 1. The third-order valence-corrected chi connectivity index (χ3v) is 6.09. The van der Waals surface area contributed by atoms with E-state index in [-0.39, 0.29) is 11.9 Å². The van der Waals surface area contributed by atoms with Gasteiger partial charge in [-0.25, -0.2) is 4.98 Å². The normalized spacial score (nSPS) is 18.4. The monoisotopic (exact) mass is 405 g/mol. The quantitative estimate of drug-likeness (QED) is 0.683. The molecule has 5 rings (SSSR count). The van der Waals surface area contributed by atoms with E-state index in [0.29, 0.717) is 18.0 Å². The molecule has 0 radical (unpaired) electrons. The van der Waals surface area contributed by atoms with Crippen LogP contribution in [0.1, 0.15) is 46.4 Å². The van der Waals surface area contributed by atoms with Crippen molar-refractivity contribution in [1.29, 1.82) is 0 Å². The van der Waals surface area contributed by atoms with Gasteiger partial charge in [0.1, 0.15) is 0 Å². The largest absolute Gasteiger partial charge is 0.379 e. The highest BCUT2D eigenvalue weighted by molar-refractivity contribution is 6.05. The van der Waals surface area contributed by atoms with Gasteiger partial charge in [-0.1, -0.05) is 30.3 Å². The number of morpholine rings is 1. The highest BCUT2D eigenvalue weighted by Crippen LogP contribution is 2.40. The topological polar surface area (TPSA) is 72.3 Å². The van der Waals surface area contributed by atoms with E-state index in [9.17, 15) is 4.79 Å². The number of rotatable bonds is 6. The van der Waals surface area contributed by atoms with Gasteiger partial charge in [0.15, 0.2) is 5.65 Å². The zero-order valence-electron chi connectivity index (χ0n) is 17.3. The van der Waals surface area contributed by atoms with Crippen LogP contribution < -0.4 is 5.32 Å². The van der Waals surface area contributed by atoms with Crippen LogP contribution in [-0.2, 0) is 11.8 Å². The van der Waals surface area contributed by atoms with Gasteiger partial charge in [-0.2, -0.15) is 5.10 Å². The summed E-state index contributed by atoms with van der Waals surface area (Å²) >= 11 is 0. The van der Waals surface area contributed by atoms with E-state index in [1.165, 1.54) is 5.56 Å². The van der Waals surface area contributed by atoms with Gasteiger partial charge < -0.3 is 10.1 Å². The van der Waals surface area contributed by atoms with E-state index in [1.54, 1.807) is 10.9 Å². The molecule has 7 nitrogen and oxygen atoms in total. The lowest BCUT2D eigenvalue weighted by Gasteiger charge is -2.35. The van der Waals surface area contributed by atoms with E-state index in [4.69, 9.17) is 9.72 Å². The van der Waals surface area contributed by atoms with Gasteiger partial charge in [-0.3, -0.25) is 14.4 Å². The SMILES string of the molecule is Cn1ncc2c(C(=O)NC[C@@H](c3ccccc3)N3CCOCC3)cc(C3CC3)nc21. The predicted molar refractivity (Wildman–Crippen MR) is 114 cm³/mol. The van der Waals surface area contributed by atoms with E-state index >= 15 is 0 Å². The molecule has 1 saturated heterocycles. The molecule has 1 N–H and O–H groups in total. The fourth-order valence-corrected chi connectivity index (χ4v) is 4.22. The van der Waals surface area contributed by atoms with Crippen molar-refractivity contribution in [1.82, 2.24) is 25.0 Å². The molecule has 0 unspecified atom stereocenters. The van der Waals surface area contributed by atoms with Crippen LogP contribution in [0, 0.1) is 0 Å². The first-order valence-electron chi connectivity index (χ1n) is 10.7. The van der Waals surface area contributed by atoms with E-state index in [0.717, 1.165) is 55.9 Å². The number of nitrogens with one attached hydrogen (secondary N) is 1. The summed E-state index contributed by atoms with van der Waals surface area (Å²) < 4.78 is 7.28. The van der Waals surface area contributed by atoms with Crippen LogP contribution in [0.25, 0.3) is 11.0 Å². The third-order valence-electron chi connectivity index (χ3n) is 6.09. The predicted octanol–water partition coefficient (Wildman–Crippen LogP) is 2.65. The van der Waals surface area contributed by atoms with Gasteiger partial charge in [-0.15, -0.1) is 0 Å². The molecule has 2 aliphatic rings. The second kappa shape index (κ2) is 8.16. The second-order valence-electron chi connectivity index (χ2n) is 8.16. The number of hydrogen-bond acceptors (Lipinski definition) is 5. The Balaban J connectivity index is 1.40. The maximum absolute atomic E-state index is 13.3. The minimum atomic E-state index is -0.0634. The maximum Gasteiger partial charge on any atom is 0.252 e. The highest BCUT2D eigenvalue weighted by Gasteiger charge is 2.28. The number of benzene rings is 1. The first kappa shape index (κ1) is 19.2. The van der Waals surface area contributed by atoms with Crippen molar-refractivity contribution in [3.63, 3.8) is 0 Å². The number of pyridine rings is 1. The van der Waals surface area contributed by atoms with Crippen molar-refractivity contribution in [2.45, 2.75) is 24.8 Å². The summed E-state index contributed by atoms with van der Waals surface area (Å²) in [6, 6.07) is 12.5. The highest BCUT2D eigenvalue weighted by atomic mass is 16.5. The lowest BCUT2D eigenvalue weighted by molar-refractivity contribution is 0.0162. The van der Waals surface area contributed by atoms with Gasteiger partial charge in [0, 0.05) is 38.3 Å². The number of amides is 1.